The van der Waals surface area contributed by atoms with Gasteiger partial charge in [0.05, 0.1) is 21.6 Å². The van der Waals surface area contributed by atoms with Gasteiger partial charge in [-0.25, -0.2) is 4.98 Å². The monoisotopic (exact) mass is 424 g/mol. The van der Waals surface area contributed by atoms with Crippen LogP contribution in [0.3, 0.4) is 0 Å². The number of benzene rings is 2. The average Bonchev–Trinajstić information content (AvgIpc) is 3.12. The molecule has 2 aromatic carbocycles. The molecular formula is C23H25ClN4O2. The lowest BCUT2D eigenvalue weighted by atomic mass is 10.1. The molecular weight excluding hydrogens is 400 g/mol. The summed E-state index contributed by atoms with van der Waals surface area (Å²) >= 11 is 6.11. The van der Waals surface area contributed by atoms with Gasteiger partial charge in [-0.05, 0) is 43.5 Å². The van der Waals surface area contributed by atoms with Gasteiger partial charge in [-0.3, -0.25) is 9.59 Å². The lowest BCUT2D eigenvalue weighted by Gasteiger charge is -2.27. The number of halogens is 1. The third-order valence-corrected chi connectivity index (χ3v) is 5.82. The van der Waals surface area contributed by atoms with E-state index < -0.39 is 0 Å². The van der Waals surface area contributed by atoms with E-state index in [1.54, 1.807) is 24.3 Å². The summed E-state index contributed by atoms with van der Waals surface area (Å²) in [4.78, 5) is 31.9. The van der Waals surface area contributed by atoms with Crippen molar-refractivity contribution in [2.45, 2.75) is 32.2 Å². The van der Waals surface area contributed by atoms with Crippen LogP contribution < -0.4 is 5.32 Å². The molecule has 0 radical (unpaired) electrons. The maximum Gasteiger partial charge on any atom is 0.252 e. The number of rotatable bonds is 6. The minimum atomic E-state index is -0.215. The molecule has 0 atom stereocenters. The van der Waals surface area contributed by atoms with E-state index in [0.717, 1.165) is 42.8 Å². The largest absolute Gasteiger partial charge is 0.352 e. The highest BCUT2D eigenvalue weighted by atomic mass is 35.5. The quantitative estimate of drug-likeness (QED) is 0.656. The van der Waals surface area contributed by atoms with E-state index in [1.165, 1.54) is 6.42 Å². The fraction of sp³-hybridized carbons (Fsp3) is 0.348. The Morgan fingerprint density at radius 1 is 1.00 bits per heavy atom. The van der Waals surface area contributed by atoms with Crippen molar-refractivity contribution in [2.24, 2.45) is 0 Å². The number of imidazole rings is 1. The van der Waals surface area contributed by atoms with Crippen LogP contribution in [0, 0.1) is 0 Å². The zero-order chi connectivity index (χ0) is 20.9. The van der Waals surface area contributed by atoms with Crippen LogP contribution in [0.15, 0.2) is 48.5 Å². The van der Waals surface area contributed by atoms with E-state index in [9.17, 15) is 9.59 Å². The molecule has 0 bridgehead atoms. The summed E-state index contributed by atoms with van der Waals surface area (Å²) in [6.07, 6.45) is 3.85. The van der Waals surface area contributed by atoms with Gasteiger partial charge < -0.3 is 14.8 Å². The van der Waals surface area contributed by atoms with Crippen molar-refractivity contribution < 1.29 is 9.59 Å². The molecule has 0 saturated carbocycles. The molecule has 7 heteroatoms. The molecule has 2 amide bonds. The van der Waals surface area contributed by atoms with Crippen molar-refractivity contribution in [3.8, 4) is 0 Å². The summed E-state index contributed by atoms with van der Waals surface area (Å²) in [5, 5.41) is 3.33. The summed E-state index contributed by atoms with van der Waals surface area (Å²) in [5.41, 5.74) is 2.25. The number of para-hydroxylation sites is 2. The molecule has 0 unspecified atom stereocenters. The molecule has 3 aromatic rings. The van der Waals surface area contributed by atoms with Crippen molar-refractivity contribution in [3.63, 3.8) is 0 Å². The van der Waals surface area contributed by atoms with Crippen LogP contribution in [-0.4, -0.2) is 45.9 Å². The van der Waals surface area contributed by atoms with Crippen LogP contribution in [-0.2, 0) is 17.8 Å². The Morgan fingerprint density at radius 2 is 1.73 bits per heavy atom. The fourth-order valence-corrected chi connectivity index (χ4v) is 4.12. The third kappa shape index (κ3) is 4.49. The van der Waals surface area contributed by atoms with Crippen molar-refractivity contribution in [3.05, 3.63) is 64.9 Å². The van der Waals surface area contributed by atoms with Gasteiger partial charge in [0.1, 0.15) is 12.4 Å². The molecule has 1 saturated heterocycles. The molecule has 156 valence electrons. The molecule has 1 fully saturated rings. The number of hydrogen-bond acceptors (Lipinski definition) is 3. The van der Waals surface area contributed by atoms with Gasteiger partial charge in [0.2, 0.25) is 5.91 Å². The number of carbonyl (C=O) groups excluding carboxylic acids is 2. The van der Waals surface area contributed by atoms with Crippen molar-refractivity contribution in [1.82, 2.24) is 19.8 Å². The van der Waals surface area contributed by atoms with E-state index in [2.05, 4.69) is 5.32 Å². The second-order valence-corrected chi connectivity index (χ2v) is 7.94. The number of nitrogens with zero attached hydrogens (tertiary/aromatic N) is 3. The van der Waals surface area contributed by atoms with Gasteiger partial charge in [-0.1, -0.05) is 35.9 Å². The molecule has 2 heterocycles. The Balaban J connectivity index is 1.48. The number of piperidine rings is 1. The third-order valence-electron chi connectivity index (χ3n) is 5.49. The maximum absolute atomic E-state index is 12.9. The average molecular weight is 425 g/mol. The van der Waals surface area contributed by atoms with Crippen molar-refractivity contribution >= 4 is 34.4 Å². The van der Waals surface area contributed by atoms with E-state index in [-0.39, 0.29) is 18.4 Å². The highest BCUT2D eigenvalue weighted by molar-refractivity contribution is 6.33. The van der Waals surface area contributed by atoms with E-state index in [1.807, 2.05) is 33.7 Å². The van der Waals surface area contributed by atoms with Crippen LogP contribution >= 0.6 is 11.6 Å². The van der Waals surface area contributed by atoms with E-state index >= 15 is 0 Å². The smallest absolute Gasteiger partial charge is 0.252 e. The molecule has 6 nitrogen and oxygen atoms in total. The summed E-state index contributed by atoms with van der Waals surface area (Å²) in [6, 6.07) is 14.8. The first-order valence-corrected chi connectivity index (χ1v) is 10.8. The first-order chi connectivity index (χ1) is 14.6. The minimum Gasteiger partial charge on any atom is -0.352 e. The van der Waals surface area contributed by atoms with Crippen LogP contribution in [0.2, 0.25) is 5.02 Å². The Hall–Kier alpha value is -2.86. The number of aromatic nitrogens is 2. The first-order valence-electron chi connectivity index (χ1n) is 10.4. The van der Waals surface area contributed by atoms with Crippen molar-refractivity contribution in [2.75, 3.05) is 19.6 Å². The zero-order valence-electron chi connectivity index (χ0n) is 16.8. The summed E-state index contributed by atoms with van der Waals surface area (Å²) < 4.78 is 1.98. The summed E-state index contributed by atoms with van der Waals surface area (Å²) in [6.45, 7) is 2.34. The van der Waals surface area contributed by atoms with Crippen molar-refractivity contribution in [1.29, 1.82) is 0 Å². The number of hydrogen-bond donors (Lipinski definition) is 1. The predicted molar refractivity (Wildman–Crippen MR) is 118 cm³/mol. The van der Waals surface area contributed by atoms with Crippen LogP contribution in [0.1, 0.15) is 35.4 Å². The van der Waals surface area contributed by atoms with Gasteiger partial charge in [-0.15, -0.1) is 0 Å². The predicted octanol–water partition coefficient (Wildman–Crippen LogP) is 3.67. The van der Waals surface area contributed by atoms with Gasteiger partial charge >= 0.3 is 0 Å². The Kier molecular flexibility index (Phi) is 6.33. The fourth-order valence-electron chi connectivity index (χ4n) is 3.90. The lowest BCUT2D eigenvalue weighted by Crippen LogP contribution is -2.38. The minimum absolute atomic E-state index is 0.124. The van der Waals surface area contributed by atoms with Gasteiger partial charge in [0, 0.05) is 26.1 Å². The molecule has 1 aromatic heterocycles. The lowest BCUT2D eigenvalue weighted by molar-refractivity contribution is -0.132. The topological polar surface area (TPSA) is 67.2 Å². The summed E-state index contributed by atoms with van der Waals surface area (Å²) in [7, 11) is 0. The van der Waals surface area contributed by atoms with E-state index in [0.29, 0.717) is 23.6 Å². The molecule has 0 spiro atoms. The Bertz CT molecular complexity index is 1060. The van der Waals surface area contributed by atoms with E-state index in [4.69, 9.17) is 16.6 Å². The second-order valence-electron chi connectivity index (χ2n) is 7.53. The molecule has 4 rings (SSSR count). The normalized spacial score (nSPS) is 14.1. The molecule has 30 heavy (non-hydrogen) atoms. The molecule has 1 N–H and O–H groups in total. The summed E-state index contributed by atoms with van der Waals surface area (Å²) in [5.74, 6) is 0.702. The highest BCUT2D eigenvalue weighted by Crippen LogP contribution is 2.18. The van der Waals surface area contributed by atoms with Crippen LogP contribution in [0.5, 0.6) is 0 Å². The van der Waals surface area contributed by atoms with Gasteiger partial charge in [-0.2, -0.15) is 0 Å². The highest BCUT2D eigenvalue weighted by Gasteiger charge is 2.20. The number of carbonyl (C=O) groups is 2. The number of fused-ring (bicyclic) bond motifs is 1. The number of amides is 2. The number of nitrogens with one attached hydrogen (secondary N) is 1. The SMILES string of the molecule is O=C(NCCc1nc2ccccc2n1CC(=O)N1CCCCC1)c1ccccc1Cl. The Labute approximate surface area is 180 Å². The Morgan fingerprint density at radius 3 is 2.53 bits per heavy atom. The maximum atomic E-state index is 12.9. The number of likely N-dealkylation sites (tertiary alicyclic amines) is 1. The standard InChI is InChI=1S/C23H25ClN4O2/c24-18-9-3-2-8-17(18)23(30)25-13-12-21-26-19-10-4-5-11-20(19)28(21)16-22(29)27-14-6-1-7-15-27/h2-5,8-11H,1,6-7,12-16H2,(H,25,30). The first kappa shape index (κ1) is 20.4. The zero-order valence-corrected chi connectivity index (χ0v) is 17.6. The molecule has 0 aliphatic carbocycles. The van der Waals surface area contributed by atoms with Gasteiger partial charge in [0.15, 0.2) is 0 Å². The molecule has 1 aliphatic rings. The second kappa shape index (κ2) is 9.30. The van der Waals surface area contributed by atoms with Crippen LogP contribution in [0.4, 0.5) is 0 Å². The molecule has 1 aliphatic heterocycles. The van der Waals surface area contributed by atoms with Crippen LogP contribution in [0.25, 0.3) is 11.0 Å². The van der Waals surface area contributed by atoms with Gasteiger partial charge in [0.25, 0.3) is 5.91 Å².